The summed E-state index contributed by atoms with van der Waals surface area (Å²) in [5, 5.41) is 13.0. The Balaban J connectivity index is 1.32. The predicted molar refractivity (Wildman–Crippen MR) is 175 cm³/mol. The number of rotatable bonds is 6. The van der Waals surface area contributed by atoms with Crippen LogP contribution in [0.4, 0.5) is 13.2 Å². The van der Waals surface area contributed by atoms with Crippen LogP contribution in [0, 0.1) is 51.2 Å². The molecule has 6 heteroatoms. The highest BCUT2D eigenvalue weighted by Crippen LogP contribution is 2.76. The molecule has 1 aromatic rings. The van der Waals surface area contributed by atoms with E-state index in [1.165, 1.54) is 24.0 Å². The fourth-order valence-corrected chi connectivity index (χ4v) is 12.8. The van der Waals surface area contributed by atoms with Crippen molar-refractivity contribution in [3.63, 3.8) is 0 Å². The van der Waals surface area contributed by atoms with E-state index >= 15 is 0 Å². The van der Waals surface area contributed by atoms with Gasteiger partial charge in [-0.3, -0.25) is 0 Å². The standard InChI is InChI=1S/C39H54F3NO2/c1-24(2)27-14-19-38(43-23-22-39(40,41)42)21-20-36(6)29(32(27)38)12-13-31-35(5)17-15-28(25-8-10-26(11-9-25)33(44)45)34(3,4)30(35)16-18-37(31,36)7/h8-11,15,27,29-32,43H,1,12-14,16-23H2,2-7H3,(H,44,45)/t27-,29+,30-,31+,32+,35?,36+,37+,38-/m0/s1. The van der Waals surface area contributed by atoms with E-state index in [0.717, 1.165) is 50.5 Å². The lowest BCUT2D eigenvalue weighted by atomic mass is 9.33. The summed E-state index contributed by atoms with van der Waals surface area (Å²) in [4.78, 5) is 11.5. The Kier molecular flexibility index (Phi) is 7.82. The van der Waals surface area contributed by atoms with Gasteiger partial charge in [-0.15, -0.1) is 0 Å². The second-order valence-electron chi connectivity index (χ2n) is 17.1. The third kappa shape index (κ3) is 4.89. The van der Waals surface area contributed by atoms with Crippen LogP contribution in [0.3, 0.4) is 0 Å². The second kappa shape index (κ2) is 10.7. The summed E-state index contributed by atoms with van der Waals surface area (Å²) in [7, 11) is 0. The van der Waals surface area contributed by atoms with Crippen molar-refractivity contribution in [1.29, 1.82) is 0 Å². The van der Waals surface area contributed by atoms with E-state index < -0.39 is 18.6 Å². The zero-order valence-corrected chi connectivity index (χ0v) is 28.2. The fraction of sp³-hybridized carbons (Fsp3) is 0.718. The van der Waals surface area contributed by atoms with Gasteiger partial charge in [-0.05, 0) is 139 Å². The van der Waals surface area contributed by atoms with E-state index in [2.05, 4.69) is 59.5 Å². The monoisotopic (exact) mass is 625 g/mol. The summed E-state index contributed by atoms with van der Waals surface area (Å²) in [6.45, 7) is 19.1. The SMILES string of the molecule is C=C(C)[C@@H]1CC[C@]2(NCCC(F)(F)F)CC[C@]3(C)[C@H](CC[C@@H]4C5(C)CC=C(c6ccc(C(=O)O)cc6)C(C)(C)[C@@H]5CC[C@]43C)[C@@H]12. The highest BCUT2D eigenvalue weighted by molar-refractivity contribution is 5.88. The van der Waals surface area contributed by atoms with Gasteiger partial charge in [-0.25, -0.2) is 4.79 Å². The molecule has 0 saturated heterocycles. The van der Waals surface area contributed by atoms with Crippen molar-refractivity contribution in [3.8, 4) is 0 Å². The van der Waals surface area contributed by atoms with Crippen molar-refractivity contribution >= 4 is 11.5 Å². The van der Waals surface area contributed by atoms with Crippen LogP contribution in [0.1, 0.15) is 122 Å². The number of halogens is 3. The van der Waals surface area contributed by atoms with Gasteiger partial charge in [0.2, 0.25) is 0 Å². The Morgan fingerprint density at radius 2 is 1.62 bits per heavy atom. The van der Waals surface area contributed by atoms with E-state index in [9.17, 15) is 23.1 Å². The molecule has 2 N–H and O–H groups in total. The van der Waals surface area contributed by atoms with Gasteiger partial charge in [0.1, 0.15) is 0 Å². The molecule has 0 aliphatic heterocycles. The Morgan fingerprint density at radius 3 is 2.24 bits per heavy atom. The molecule has 45 heavy (non-hydrogen) atoms. The summed E-state index contributed by atoms with van der Waals surface area (Å²) in [6.07, 6.45) is 7.25. The summed E-state index contributed by atoms with van der Waals surface area (Å²) >= 11 is 0. The van der Waals surface area contributed by atoms with Crippen LogP contribution in [0.25, 0.3) is 5.57 Å². The Morgan fingerprint density at radius 1 is 0.933 bits per heavy atom. The molecule has 3 nitrogen and oxygen atoms in total. The number of hydrogen-bond donors (Lipinski definition) is 2. The maximum absolute atomic E-state index is 13.2. The molecule has 0 bridgehead atoms. The van der Waals surface area contributed by atoms with E-state index in [0.29, 0.717) is 35.2 Å². The molecule has 4 saturated carbocycles. The summed E-state index contributed by atoms with van der Waals surface area (Å²) in [6, 6.07) is 7.42. The van der Waals surface area contributed by atoms with E-state index in [1.807, 2.05) is 12.1 Å². The number of benzene rings is 1. The molecule has 1 unspecified atom stereocenters. The van der Waals surface area contributed by atoms with Crippen molar-refractivity contribution < 1.29 is 23.1 Å². The largest absolute Gasteiger partial charge is 0.478 e. The normalized spacial score (nSPS) is 42.1. The zero-order chi connectivity index (χ0) is 32.8. The molecular weight excluding hydrogens is 571 g/mol. The van der Waals surface area contributed by atoms with Crippen LogP contribution in [0.5, 0.6) is 0 Å². The maximum Gasteiger partial charge on any atom is 0.390 e. The van der Waals surface area contributed by atoms with E-state index in [-0.39, 0.29) is 33.7 Å². The van der Waals surface area contributed by atoms with Gasteiger partial charge >= 0.3 is 12.1 Å². The molecule has 248 valence electrons. The van der Waals surface area contributed by atoms with Crippen LogP contribution in [0.15, 0.2) is 42.5 Å². The highest BCUT2D eigenvalue weighted by Gasteiger charge is 2.70. The molecule has 0 heterocycles. The van der Waals surface area contributed by atoms with Gasteiger partial charge in [0.15, 0.2) is 0 Å². The smallest absolute Gasteiger partial charge is 0.390 e. The summed E-state index contributed by atoms with van der Waals surface area (Å²) in [5.41, 5.74) is 4.17. The summed E-state index contributed by atoms with van der Waals surface area (Å²) < 4.78 is 39.7. The van der Waals surface area contributed by atoms with Crippen molar-refractivity contribution in [3.05, 3.63) is 53.6 Å². The maximum atomic E-state index is 13.2. The molecule has 0 aromatic heterocycles. The third-order valence-corrected chi connectivity index (χ3v) is 15.0. The van der Waals surface area contributed by atoms with Gasteiger partial charge in [-0.1, -0.05) is 65.0 Å². The average Bonchev–Trinajstić information content (AvgIpc) is 3.32. The van der Waals surface area contributed by atoms with Crippen LogP contribution in [0.2, 0.25) is 0 Å². The van der Waals surface area contributed by atoms with Crippen molar-refractivity contribution in [1.82, 2.24) is 5.32 Å². The predicted octanol–water partition coefficient (Wildman–Crippen LogP) is 10.3. The first-order valence-electron chi connectivity index (χ1n) is 17.4. The fourth-order valence-electron chi connectivity index (χ4n) is 12.8. The van der Waals surface area contributed by atoms with Gasteiger partial charge in [-0.2, -0.15) is 13.2 Å². The van der Waals surface area contributed by atoms with Crippen LogP contribution in [-0.2, 0) is 0 Å². The Labute approximate surface area is 268 Å². The first-order valence-corrected chi connectivity index (χ1v) is 17.4. The number of carbonyl (C=O) groups is 1. The first kappa shape index (κ1) is 32.8. The molecule has 0 radical (unpaired) electrons. The van der Waals surface area contributed by atoms with Gasteiger partial charge < -0.3 is 10.4 Å². The second-order valence-corrected chi connectivity index (χ2v) is 17.1. The number of allylic oxidation sites excluding steroid dienone is 3. The molecule has 1 aromatic carbocycles. The van der Waals surface area contributed by atoms with Crippen LogP contribution < -0.4 is 5.32 Å². The molecule has 5 aliphatic carbocycles. The molecular formula is C39H54F3NO2. The lowest BCUT2D eigenvalue weighted by Crippen LogP contribution is -2.68. The van der Waals surface area contributed by atoms with Crippen molar-refractivity contribution in [2.45, 2.75) is 117 Å². The van der Waals surface area contributed by atoms with E-state index in [4.69, 9.17) is 0 Å². The topological polar surface area (TPSA) is 49.3 Å². The van der Waals surface area contributed by atoms with Crippen molar-refractivity contribution in [2.24, 2.45) is 51.2 Å². The minimum Gasteiger partial charge on any atom is -0.478 e. The quantitative estimate of drug-likeness (QED) is 0.309. The molecule has 4 fully saturated rings. The highest BCUT2D eigenvalue weighted by atomic mass is 19.4. The molecule has 0 spiro atoms. The minimum absolute atomic E-state index is 0.00870. The van der Waals surface area contributed by atoms with E-state index in [1.54, 1.807) is 12.1 Å². The zero-order valence-electron chi connectivity index (χ0n) is 28.2. The van der Waals surface area contributed by atoms with Crippen LogP contribution >= 0.6 is 0 Å². The van der Waals surface area contributed by atoms with Gasteiger partial charge in [0.05, 0.1) is 12.0 Å². The van der Waals surface area contributed by atoms with Crippen molar-refractivity contribution in [2.75, 3.05) is 6.54 Å². The van der Waals surface area contributed by atoms with Gasteiger partial charge in [0, 0.05) is 12.1 Å². The number of alkyl halides is 3. The number of carboxylic acid groups (broad SMARTS) is 1. The van der Waals surface area contributed by atoms with Crippen LogP contribution in [-0.4, -0.2) is 29.3 Å². The molecule has 0 amide bonds. The Hall–Kier alpha value is -2.08. The molecule has 9 atom stereocenters. The lowest BCUT2D eigenvalue weighted by Gasteiger charge is -2.72. The molecule has 5 aliphatic rings. The molecule has 6 rings (SSSR count). The number of aromatic carboxylic acids is 1. The summed E-state index contributed by atoms with van der Waals surface area (Å²) in [5.74, 6) is 1.38. The number of nitrogens with one attached hydrogen (secondary N) is 1. The first-order chi connectivity index (χ1) is 20.9. The minimum atomic E-state index is -4.14. The average molecular weight is 626 g/mol. The number of hydrogen-bond acceptors (Lipinski definition) is 2. The third-order valence-electron chi connectivity index (χ3n) is 15.0. The van der Waals surface area contributed by atoms with Gasteiger partial charge in [0.25, 0.3) is 0 Å². The number of fused-ring (bicyclic) bond motifs is 7. The Bertz CT molecular complexity index is 1380. The lowest BCUT2D eigenvalue weighted by molar-refractivity contribution is -0.219. The number of carboxylic acids is 1.